The van der Waals surface area contributed by atoms with Crippen molar-refractivity contribution in [2.75, 3.05) is 0 Å². The highest BCUT2D eigenvalue weighted by atomic mass is 16.4. The van der Waals surface area contributed by atoms with Crippen molar-refractivity contribution in [3.8, 4) is 28.5 Å². The maximum atomic E-state index is 9.92. The Morgan fingerprint density at radius 1 is 0.588 bits per heavy atom. The molecule has 2 aromatic heterocycles. The van der Waals surface area contributed by atoms with Crippen LogP contribution < -0.4 is 5.72 Å². The third-order valence-corrected chi connectivity index (χ3v) is 5.87. The van der Waals surface area contributed by atoms with Gasteiger partial charge in [-0.2, -0.15) is 0 Å². The molecule has 2 heterocycles. The molecule has 0 aliphatic heterocycles. The van der Waals surface area contributed by atoms with Crippen molar-refractivity contribution in [2.45, 2.75) is 0 Å². The van der Waals surface area contributed by atoms with Crippen molar-refractivity contribution >= 4 is 34.6 Å². The van der Waals surface area contributed by atoms with Gasteiger partial charge >= 0.3 is 7.12 Å². The Bertz CT molecular complexity index is 1630. The summed E-state index contributed by atoms with van der Waals surface area (Å²) in [5.41, 5.74) is 4.47. The fourth-order valence-corrected chi connectivity index (χ4v) is 4.39. The summed E-state index contributed by atoms with van der Waals surface area (Å²) >= 11 is 0. The van der Waals surface area contributed by atoms with E-state index >= 15 is 0 Å². The Kier molecular flexibility index (Phi) is 4.91. The first-order valence-electron chi connectivity index (χ1n) is 11.0. The normalized spacial score (nSPS) is 11.2. The van der Waals surface area contributed by atoms with Crippen LogP contribution in [0.1, 0.15) is 0 Å². The van der Waals surface area contributed by atoms with E-state index in [1.54, 1.807) is 0 Å². The van der Waals surface area contributed by atoms with Crippen LogP contribution in [0.2, 0.25) is 0 Å². The quantitative estimate of drug-likeness (QED) is 0.404. The molecule has 0 saturated carbocycles. The van der Waals surface area contributed by atoms with Gasteiger partial charge in [-0.15, -0.1) is 0 Å². The van der Waals surface area contributed by atoms with Gasteiger partial charge in [-0.25, -0.2) is 15.0 Å². The summed E-state index contributed by atoms with van der Waals surface area (Å²) in [6.45, 7) is 0. The van der Waals surface area contributed by atoms with Crippen LogP contribution in [0.25, 0.3) is 50.3 Å². The van der Waals surface area contributed by atoms with Crippen molar-refractivity contribution < 1.29 is 10.0 Å². The number of benzene rings is 4. The third-order valence-electron chi connectivity index (χ3n) is 5.87. The number of nitrogens with zero attached hydrogens (tertiary/aromatic N) is 4. The molecule has 0 radical (unpaired) electrons. The summed E-state index contributed by atoms with van der Waals surface area (Å²) in [5, 5.41) is 22.0. The molecule has 6 rings (SSSR count). The summed E-state index contributed by atoms with van der Waals surface area (Å²) in [7, 11) is -1.82. The third kappa shape index (κ3) is 3.35. The van der Waals surface area contributed by atoms with Gasteiger partial charge in [0.1, 0.15) is 0 Å². The van der Waals surface area contributed by atoms with E-state index in [0.29, 0.717) is 11.6 Å². The molecule has 2 N–H and O–H groups in total. The van der Waals surface area contributed by atoms with Gasteiger partial charge in [-0.05, 0) is 24.3 Å². The number of hydrogen-bond donors (Lipinski definition) is 2. The molecule has 0 bridgehead atoms. The fourth-order valence-electron chi connectivity index (χ4n) is 4.39. The molecule has 0 saturated heterocycles. The van der Waals surface area contributed by atoms with Gasteiger partial charge in [0.15, 0.2) is 17.4 Å². The Hall–Kier alpha value is -4.33. The van der Waals surface area contributed by atoms with Crippen molar-refractivity contribution in [2.24, 2.45) is 0 Å². The molecule has 6 aromatic rings. The van der Waals surface area contributed by atoms with Crippen molar-refractivity contribution in [1.29, 1.82) is 0 Å². The molecule has 0 unspecified atom stereocenters. The van der Waals surface area contributed by atoms with Crippen LogP contribution in [-0.4, -0.2) is 36.7 Å². The highest BCUT2D eigenvalue weighted by Gasteiger charge is 2.22. The zero-order chi connectivity index (χ0) is 23.1. The zero-order valence-corrected chi connectivity index (χ0v) is 18.1. The van der Waals surface area contributed by atoms with Gasteiger partial charge < -0.3 is 14.6 Å². The molecule has 0 atom stereocenters. The highest BCUT2D eigenvalue weighted by Crippen LogP contribution is 2.37. The molecule has 0 aliphatic rings. The second-order valence-corrected chi connectivity index (χ2v) is 7.97. The van der Waals surface area contributed by atoms with Crippen LogP contribution in [0.4, 0.5) is 0 Å². The molecular weight excluding hydrogens is 423 g/mol. The SMILES string of the molecule is OB(O)c1nc(-c2ccccc2)nc(-c2cccc3c4ccccc4n(-c4ccccc4)c23)n1. The lowest BCUT2D eigenvalue weighted by Crippen LogP contribution is -2.36. The van der Waals surface area contributed by atoms with Crippen LogP contribution in [0.5, 0.6) is 0 Å². The van der Waals surface area contributed by atoms with Gasteiger partial charge in [0.2, 0.25) is 0 Å². The molecule has 6 nitrogen and oxygen atoms in total. The number of rotatable bonds is 4. The standard InChI is InChI=1S/C27H19BN4O2/c33-28(34)27-30-25(18-10-3-1-4-11-18)29-26(31-27)22-16-9-15-21-20-14-7-8-17-23(20)32(24(21)22)19-12-5-2-6-13-19/h1-17,33-34H. The fraction of sp³-hybridized carbons (Fsp3) is 0. The van der Waals surface area contributed by atoms with E-state index in [9.17, 15) is 10.0 Å². The highest BCUT2D eigenvalue weighted by molar-refractivity contribution is 6.56. The lowest BCUT2D eigenvalue weighted by molar-refractivity contribution is 0.422. The van der Waals surface area contributed by atoms with E-state index in [2.05, 4.69) is 44.9 Å². The van der Waals surface area contributed by atoms with Gasteiger partial charge in [-0.1, -0.05) is 78.9 Å². The average molecular weight is 442 g/mol. The van der Waals surface area contributed by atoms with E-state index in [1.807, 2.05) is 72.8 Å². The molecule has 7 heteroatoms. The van der Waals surface area contributed by atoms with Crippen molar-refractivity contribution in [1.82, 2.24) is 19.5 Å². The number of aromatic nitrogens is 4. The molecule has 162 valence electrons. The maximum absolute atomic E-state index is 9.92. The summed E-state index contributed by atoms with van der Waals surface area (Å²) in [5.74, 6) is 0.760. The summed E-state index contributed by atoms with van der Waals surface area (Å²) in [6, 6.07) is 33.9. The van der Waals surface area contributed by atoms with E-state index in [-0.39, 0.29) is 5.72 Å². The number of para-hydroxylation sites is 3. The van der Waals surface area contributed by atoms with Crippen LogP contribution in [0.15, 0.2) is 103 Å². The van der Waals surface area contributed by atoms with E-state index in [1.165, 1.54) is 0 Å². The number of fused-ring (bicyclic) bond motifs is 3. The largest absolute Gasteiger partial charge is 0.528 e. The Morgan fingerprint density at radius 3 is 2.00 bits per heavy atom. The molecule has 0 spiro atoms. The van der Waals surface area contributed by atoms with Crippen LogP contribution in [0.3, 0.4) is 0 Å². The minimum atomic E-state index is -1.82. The Balaban J connectivity index is 1.71. The Labute approximate surface area is 196 Å². The number of hydrogen-bond acceptors (Lipinski definition) is 5. The van der Waals surface area contributed by atoms with Gasteiger partial charge in [0.25, 0.3) is 0 Å². The zero-order valence-electron chi connectivity index (χ0n) is 18.1. The molecule has 4 aromatic carbocycles. The first-order chi connectivity index (χ1) is 16.7. The van der Waals surface area contributed by atoms with Gasteiger partial charge in [0, 0.05) is 27.6 Å². The van der Waals surface area contributed by atoms with Gasteiger partial charge in [0.05, 0.1) is 11.0 Å². The average Bonchev–Trinajstić information content (AvgIpc) is 3.24. The molecule has 0 fully saturated rings. The van der Waals surface area contributed by atoms with Crippen LogP contribution in [0, 0.1) is 0 Å². The minimum Gasteiger partial charge on any atom is -0.421 e. The second-order valence-electron chi connectivity index (χ2n) is 7.97. The molecular formula is C27H19BN4O2. The first-order valence-corrected chi connectivity index (χ1v) is 11.0. The van der Waals surface area contributed by atoms with Crippen LogP contribution in [-0.2, 0) is 0 Å². The second kappa shape index (κ2) is 8.22. The predicted octanol–water partition coefficient (Wildman–Crippen LogP) is 3.98. The lowest BCUT2D eigenvalue weighted by atomic mass is 9.90. The molecule has 34 heavy (non-hydrogen) atoms. The van der Waals surface area contributed by atoms with E-state index in [4.69, 9.17) is 4.98 Å². The lowest BCUT2D eigenvalue weighted by Gasteiger charge is -2.12. The smallest absolute Gasteiger partial charge is 0.421 e. The summed E-state index contributed by atoms with van der Waals surface area (Å²) < 4.78 is 2.20. The summed E-state index contributed by atoms with van der Waals surface area (Å²) in [4.78, 5) is 13.5. The van der Waals surface area contributed by atoms with Crippen molar-refractivity contribution in [3.63, 3.8) is 0 Å². The topological polar surface area (TPSA) is 84.1 Å². The van der Waals surface area contributed by atoms with E-state index in [0.717, 1.165) is 38.6 Å². The van der Waals surface area contributed by atoms with Gasteiger partial charge in [-0.3, -0.25) is 0 Å². The van der Waals surface area contributed by atoms with Crippen molar-refractivity contribution in [3.05, 3.63) is 103 Å². The minimum absolute atomic E-state index is 0.0942. The van der Waals surface area contributed by atoms with Crippen LogP contribution >= 0.6 is 0 Å². The maximum Gasteiger partial charge on any atom is 0.528 e. The molecule has 0 amide bonds. The first kappa shape index (κ1) is 20.3. The Morgan fingerprint density at radius 2 is 1.24 bits per heavy atom. The monoisotopic (exact) mass is 442 g/mol. The molecule has 0 aliphatic carbocycles. The summed E-state index contributed by atoms with van der Waals surface area (Å²) in [6.07, 6.45) is 0. The van der Waals surface area contributed by atoms with E-state index < -0.39 is 7.12 Å². The predicted molar refractivity (Wildman–Crippen MR) is 135 cm³/mol.